The van der Waals surface area contributed by atoms with Crippen LogP contribution in [0.2, 0.25) is 0 Å². The lowest BCUT2D eigenvalue weighted by molar-refractivity contribution is -0.130. The third-order valence-corrected chi connectivity index (χ3v) is 4.65. The number of rotatable bonds is 5. The first-order chi connectivity index (χ1) is 13.1. The summed E-state index contributed by atoms with van der Waals surface area (Å²) < 4.78 is 5.15. The van der Waals surface area contributed by atoms with Crippen LogP contribution >= 0.6 is 0 Å². The Bertz CT molecular complexity index is 799. The number of anilines is 1. The van der Waals surface area contributed by atoms with Crippen molar-refractivity contribution in [3.63, 3.8) is 0 Å². The molecule has 2 amide bonds. The SMILES string of the molecule is COc1ccc(CNc2cc(C(=O)N3CCN(C(C)=O)CC3)ccn2)cc1. The monoisotopic (exact) mass is 368 g/mol. The summed E-state index contributed by atoms with van der Waals surface area (Å²) in [7, 11) is 1.64. The molecule has 0 bridgehead atoms. The van der Waals surface area contributed by atoms with E-state index in [2.05, 4.69) is 10.3 Å². The van der Waals surface area contributed by atoms with Gasteiger partial charge in [0.15, 0.2) is 0 Å². The van der Waals surface area contributed by atoms with Crippen LogP contribution in [0.1, 0.15) is 22.8 Å². The molecule has 7 nitrogen and oxygen atoms in total. The molecular formula is C20H24N4O3. The summed E-state index contributed by atoms with van der Waals surface area (Å²) in [6, 6.07) is 11.3. The molecule has 142 valence electrons. The molecule has 1 aromatic carbocycles. The Balaban J connectivity index is 1.59. The summed E-state index contributed by atoms with van der Waals surface area (Å²) >= 11 is 0. The zero-order valence-electron chi connectivity index (χ0n) is 15.6. The van der Waals surface area contributed by atoms with Gasteiger partial charge in [0, 0.05) is 51.4 Å². The molecule has 2 heterocycles. The van der Waals surface area contributed by atoms with Crippen LogP contribution < -0.4 is 10.1 Å². The van der Waals surface area contributed by atoms with Crippen LogP contribution in [0.25, 0.3) is 0 Å². The highest BCUT2D eigenvalue weighted by Gasteiger charge is 2.23. The summed E-state index contributed by atoms with van der Waals surface area (Å²) in [5.41, 5.74) is 1.69. The van der Waals surface area contributed by atoms with Crippen molar-refractivity contribution in [1.29, 1.82) is 0 Å². The van der Waals surface area contributed by atoms with Gasteiger partial charge in [-0.25, -0.2) is 4.98 Å². The normalized spacial score (nSPS) is 14.0. The highest BCUT2D eigenvalue weighted by molar-refractivity contribution is 5.95. The Labute approximate surface area is 158 Å². The van der Waals surface area contributed by atoms with Crippen molar-refractivity contribution in [2.45, 2.75) is 13.5 Å². The molecule has 1 fully saturated rings. The number of nitrogens with zero attached hydrogens (tertiary/aromatic N) is 3. The number of amides is 2. The molecule has 0 radical (unpaired) electrons. The minimum atomic E-state index is -0.0342. The van der Waals surface area contributed by atoms with Crippen molar-refractivity contribution in [3.8, 4) is 5.75 Å². The molecule has 0 spiro atoms. The first-order valence-electron chi connectivity index (χ1n) is 8.94. The van der Waals surface area contributed by atoms with Gasteiger partial charge in [-0.3, -0.25) is 9.59 Å². The Morgan fingerprint density at radius 1 is 1.07 bits per heavy atom. The fourth-order valence-corrected chi connectivity index (χ4v) is 3.00. The lowest BCUT2D eigenvalue weighted by Gasteiger charge is -2.34. The van der Waals surface area contributed by atoms with Crippen LogP contribution in [0.3, 0.4) is 0 Å². The van der Waals surface area contributed by atoms with E-state index in [0.717, 1.165) is 11.3 Å². The highest BCUT2D eigenvalue weighted by atomic mass is 16.5. The predicted octanol–water partition coefficient (Wildman–Crippen LogP) is 2.01. The number of ether oxygens (including phenoxy) is 1. The van der Waals surface area contributed by atoms with E-state index in [1.807, 2.05) is 24.3 Å². The molecule has 0 unspecified atom stereocenters. The fourth-order valence-electron chi connectivity index (χ4n) is 3.00. The van der Waals surface area contributed by atoms with E-state index in [9.17, 15) is 9.59 Å². The topological polar surface area (TPSA) is 74.8 Å². The largest absolute Gasteiger partial charge is 0.497 e. The van der Waals surface area contributed by atoms with Crippen molar-refractivity contribution in [2.24, 2.45) is 0 Å². The lowest BCUT2D eigenvalue weighted by atomic mass is 10.2. The molecule has 0 aliphatic carbocycles. The summed E-state index contributed by atoms with van der Waals surface area (Å²) in [6.45, 7) is 4.42. The van der Waals surface area contributed by atoms with Gasteiger partial charge >= 0.3 is 0 Å². The van der Waals surface area contributed by atoms with Gasteiger partial charge in [0.05, 0.1) is 7.11 Å². The van der Waals surface area contributed by atoms with Crippen molar-refractivity contribution in [2.75, 3.05) is 38.6 Å². The zero-order valence-corrected chi connectivity index (χ0v) is 15.6. The molecule has 1 aromatic heterocycles. The van der Waals surface area contributed by atoms with E-state index >= 15 is 0 Å². The van der Waals surface area contributed by atoms with Crippen molar-refractivity contribution < 1.29 is 14.3 Å². The van der Waals surface area contributed by atoms with Gasteiger partial charge in [-0.1, -0.05) is 12.1 Å². The second-order valence-electron chi connectivity index (χ2n) is 6.43. The van der Waals surface area contributed by atoms with E-state index in [1.54, 1.807) is 42.2 Å². The number of carbonyl (C=O) groups excluding carboxylic acids is 2. The van der Waals surface area contributed by atoms with Gasteiger partial charge in [0.2, 0.25) is 5.91 Å². The number of pyridine rings is 1. The van der Waals surface area contributed by atoms with Gasteiger partial charge in [-0.05, 0) is 29.8 Å². The third-order valence-electron chi connectivity index (χ3n) is 4.65. The Hall–Kier alpha value is -3.09. The summed E-state index contributed by atoms with van der Waals surface area (Å²) in [4.78, 5) is 32.0. The van der Waals surface area contributed by atoms with E-state index in [4.69, 9.17) is 4.74 Å². The molecule has 0 saturated carbocycles. The number of aromatic nitrogens is 1. The Kier molecular flexibility index (Phi) is 5.90. The number of nitrogens with one attached hydrogen (secondary N) is 1. The summed E-state index contributed by atoms with van der Waals surface area (Å²) in [5, 5.41) is 3.24. The van der Waals surface area contributed by atoms with Gasteiger partial charge < -0.3 is 19.9 Å². The molecule has 1 N–H and O–H groups in total. The second kappa shape index (κ2) is 8.53. The first-order valence-corrected chi connectivity index (χ1v) is 8.94. The number of benzene rings is 1. The molecular weight excluding hydrogens is 344 g/mol. The molecule has 1 aliphatic heterocycles. The van der Waals surface area contributed by atoms with E-state index in [1.165, 1.54) is 0 Å². The van der Waals surface area contributed by atoms with Gasteiger partial charge in [-0.2, -0.15) is 0 Å². The first kappa shape index (κ1) is 18.7. The summed E-state index contributed by atoms with van der Waals surface area (Å²) in [6.07, 6.45) is 1.63. The number of carbonyl (C=O) groups is 2. The maximum absolute atomic E-state index is 12.7. The molecule has 1 saturated heterocycles. The van der Waals surface area contributed by atoms with E-state index in [0.29, 0.717) is 44.1 Å². The van der Waals surface area contributed by atoms with Crippen LogP contribution in [0.4, 0.5) is 5.82 Å². The second-order valence-corrected chi connectivity index (χ2v) is 6.43. The maximum atomic E-state index is 12.7. The van der Waals surface area contributed by atoms with Crippen LogP contribution in [-0.4, -0.2) is 59.9 Å². The van der Waals surface area contributed by atoms with Crippen molar-refractivity contribution in [1.82, 2.24) is 14.8 Å². The maximum Gasteiger partial charge on any atom is 0.254 e. The van der Waals surface area contributed by atoms with Gasteiger partial charge in [0.1, 0.15) is 11.6 Å². The average molecular weight is 368 g/mol. The van der Waals surface area contributed by atoms with Crippen LogP contribution in [0.15, 0.2) is 42.6 Å². The Morgan fingerprint density at radius 2 is 1.74 bits per heavy atom. The van der Waals surface area contributed by atoms with Gasteiger partial charge in [0.25, 0.3) is 5.91 Å². The predicted molar refractivity (Wildman–Crippen MR) is 103 cm³/mol. The van der Waals surface area contributed by atoms with E-state index in [-0.39, 0.29) is 11.8 Å². The quantitative estimate of drug-likeness (QED) is 0.874. The van der Waals surface area contributed by atoms with Crippen LogP contribution in [0, 0.1) is 0 Å². The molecule has 2 aromatic rings. The zero-order chi connectivity index (χ0) is 19.2. The standard InChI is InChI=1S/C20H24N4O3/c1-15(25)23-9-11-24(12-10-23)20(26)17-7-8-21-19(13-17)22-14-16-3-5-18(27-2)6-4-16/h3-8,13H,9-12,14H2,1-2H3,(H,21,22). The minimum Gasteiger partial charge on any atom is -0.497 e. The fraction of sp³-hybridized carbons (Fsp3) is 0.350. The molecule has 1 aliphatic rings. The van der Waals surface area contributed by atoms with Crippen LogP contribution in [0.5, 0.6) is 5.75 Å². The number of hydrogen-bond acceptors (Lipinski definition) is 5. The third kappa shape index (κ3) is 4.75. The average Bonchev–Trinajstić information content (AvgIpc) is 2.72. The smallest absolute Gasteiger partial charge is 0.254 e. The number of piperazine rings is 1. The van der Waals surface area contributed by atoms with Gasteiger partial charge in [-0.15, -0.1) is 0 Å². The highest BCUT2D eigenvalue weighted by Crippen LogP contribution is 2.15. The number of methoxy groups -OCH3 is 1. The van der Waals surface area contributed by atoms with Crippen molar-refractivity contribution >= 4 is 17.6 Å². The lowest BCUT2D eigenvalue weighted by Crippen LogP contribution is -2.50. The molecule has 7 heteroatoms. The van der Waals surface area contributed by atoms with Crippen molar-refractivity contribution in [3.05, 3.63) is 53.7 Å². The Morgan fingerprint density at radius 3 is 2.37 bits per heavy atom. The van der Waals surface area contributed by atoms with Crippen LogP contribution in [-0.2, 0) is 11.3 Å². The molecule has 3 rings (SSSR count). The van der Waals surface area contributed by atoms with E-state index < -0.39 is 0 Å². The summed E-state index contributed by atoms with van der Waals surface area (Å²) in [5.74, 6) is 1.48. The molecule has 27 heavy (non-hydrogen) atoms. The molecule has 0 atom stereocenters. The number of hydrogen-bond donors (Lipinski definition) is 1. The minimum absolute atomic E-state index is 0.0342.